The molecule has 0 aliphatic heterocycles. The zero-order valence-electron chi connectivity index (χ0n) is 10.8. The maximum Gasteiger partial charge on any atom is 0.259 e. The van der Waals surface area contributed by atoms with Crippen LogP contribution in [-0.4, -0.2) is 18.1 Å². The number of nitrogens with one attached hydrogen (secondary N) is 1. The first-order valence-corrected chi connectivity index (χ1v) is 6.88. The Morgan fingerprint density at radius 2 is 1.76 bits per heavy atom. The zero-order valence-corrected chi connectivity index (χ0v) is 13.1. The van der Waals surface area contributed by atoms with E-state index in [0.717, 1.165) is 0 Å². The molecule has 110 valence electrons. The van der Waals surface area contributed by atoms with E-state index >= 15 is 0 Å². The molecule has 2 aromatic rings. The largest absolute Gasteiger partial charge is 0.507 e. The van der Waals surface area contributed by atoms with E-state index < -0.39 is 5.91 Å². The van der Waals surface area contributed by atoms with Crippen LogP contribution in [0.25, 0.3) is 0 Å². The van der Waals surface area contributed by atoms with Crippen LogP contribution in [0.3, 0.4) is 0 Å². The van der Waals surface area contributed by atoms with Gasteiger partial charge in [-0.3, -0.25) is 4.79 Å². The van der Waals surface area contributed by atoms with Crippen LogP contribution in [0.1, 0.15) is 10.4 Å². The number of carbonyl (C=O) groups excluding carboxylic acids is 1. The summed E-state index contributed by atoms with van der Waals surface area (Å²) in [6.07, 6.45) is 0. The smallest absolute Gasteiger partial charge is 0.259 e. The average Bonchev–Trinajstić information content (AvgIpc) is 2.45. The predicted molar refractivity (Wildman–Crippen MR) is 84.1 cm³/mol. The highest BCUT2D eigenvalue weighted by molar-refractivity contribution is 6.44. The minimum atomic E-state index is -0.549. The van der Waals surface area contributed by atoms with Gasteiger partial charge < -0.3 is 15.2 Å². The van der Waals surface area contributed by atoms with Crippen molar-refractivity contribution in [3.8, 4) is 11.5 Å². The third-order valence-electron chi connectivity index (χ3n) is 2.71. The van der Waals surface area contributed by atoms with Gasteiger partial charge >= 0.3 is 0 Å². The summed E-state index contributed by atoms with van der Waals surface area (Å²) in [4.78, 5) is 12.2. The molecule has 0 spiro atoms. The average molecular weight is 347 g/mol. The highest BCUT2D eigenvalue weighted by atomic mass is 35.5. The molecule has 2 N–H and O–H groups in total. The molecular formula is C14H10Cl3NO3. The van der Waals surface area contributed by atoms with Gasteiger partial charge in [0, 0.05) is 0 Å². The summed E-state index contributed by atoms with van der Waals surface area (Å²) in [6, 6.07) is 7.17. The number of carbonyl (C=O) groups is 1. The number of aromatic hydroxyl groups is 1. The number of ether oxygens (including phenoxy) is 1. The van der Waals surface area contributed by atoms with Crippen LogP contribution in [0.15, 0.2) is 30.3 Å². The first-order valence-electron chi connectivity index (χ1n) is 5.75. The monoisotopic (exact) mass is 345 g/mol. The van der Waals surface area contributed by atoms with Gasteiger partial charge in [-0.1, -0.05) is 34.8 Å². The Labute approximate surface area is 136 Å². The van der Waals surface area contributed by atoms with Crippen molar-refractivity contribution in [2.45, 2.75) is 0 Å². The lowest BCUT2D eigenvalue weighted by atomic mass is 10.1. The number of phenolic OH excluding ortho intramolecular Hbond substituents is 1. The van der Waals surface area contributed by atoms with E-state index in [1.165, 1.54) is 37.4 Å². The van der Waals surface area contributed by atoms with Crippen LogP contribution in [0.2, 0.25) is 15.1 Å². The van der Waals surface area contributed by atoms with Crippen molar-refractivity contribution >= 4 is 46.4 Å². The second-order valence-corrected chi connectivity index (χ2v) is 5.30. The van der Waals surface area contributed by atoms with E-state index in [4.69, 9.17) is 39.5 Å². The summed E-state index contributed by atoms with van der Waals surface area (Å²) in [7, 11) is 1.46. The van der Waals surface area contributed by atoms with Crippen LogP contribution in [0, 0.1) is 0 Å². The van der Waals surface area contributed by atoms with Crippen LogP contribution in [0.5, 0.6) is 11.5 Å². The van der Waals surface area contributed by atoms with Gasteiger partial charge in [-0.25, -0.2) is 0 Å². The summed E-state index contributed by atoms with van der Waals surface area (Å²) in [5.74, 6) is -0.283. The Bertz CT molecular complexity index is 704. The summed E-state index contributed by atoms with van der Waals surface area (Å²) in [5.41, 5.74) is 0.342. The van der Waals surface area contributed by atoms with Gasteiger partial charge in [0.05, 0.1) is 33.4 Å². The SMILES string of the molecule is COc1ccc(O)c(C(=O)Nc2cc(Cl)c(Cl)cc2Cl)c1. The lowest BCUT2D eigenvalue weighted by molar-refractivity contribution is 0.102. The normalized spacial score (nSPS) is 10.3. The van der Waals surface area contributed by atoms with Crippen molar-refractivity contribution in [3.63, 3.8) is 0 Å². The fourth-order valence-corrected chi connectivity index (χ4v) is 2.23. The lowest BCUT2D eigenvalue weighted by Gasteiger charge is -2.10. The molecule has 4 nitrogen and oxygen atoms in total. The summed E-state index contributed by atoms with van der Waals surface area (Å²) < 4.78 is 5.01. The molecule has 0 heterocycles. The Morgan fingerprint density at radius 1 is 1.10 bits per heavy atom. The predicted octanol–water partition coefficient (Wildman–Crippen LogP) is 4.61. The minimum Gasteiger partial charge on any atom is -0.507 e. The third kappa shape index (κ3) is 3.53. The van der Waals surface area contributed by atoms with Gasteiger partial charge in [0.1, 0.15) is 11.5 Å². The number of hydrogen-bond acceptors (Lipinski definition) is 3. The zero-order chi connectivity index (χ0) is 15.6. The molecule has 0 aliphatic carbocycles. The number of amides is 1. The van der Waals surface area contributed by atoms with E-state index in [9.17, 15) is 9.90 Å². The van der Waals surface area contributed by atoms with Crippen LogP contribution >= 0.6 is 34.8 Å². The van der Waals surface area contributed by atoms with E-state index in [-0.39, 0.29) is 26.4 Å². The number of halogens is 3. The number of anilines is 1. The number of methoxy groups -OCH3 is 1. The van der Waals surface area contributed by atoms with Gasteiger partial charge in [0.2, 0.25) is 0 Å². The van der Waals surface area contributed by atoms with Crippen molar-refractivity contribution in [2.24, 2.45) is 0 Å². The standard InChI is InChI=1S/C14H10Cl3NO3/c1-21-7-2-3-13(19)8(4-7)14(20)18-12-6-10(16)9(15)5-11(12)17/h2-6,19H,1H3,(H,18,20). The Morgan fingerprint density at radius 3 is 2.43 bits per heavy atom. The second-order valence-electron chi connectivity index (χ2n) is 4.08. The van der Waals surface area contributed by atoms with Gasteiger partial charge in [-0.05, 0) is 30.3 Å². The van der Waals surface area contributed by atoms with Crippen molar-refractivity contribution in [1.82, 2.24) is 0 Å². The summed E-state index contributed by atoms with van der Waals surface area (Å²) in [6.45, 7) is 0. The molecule has 2 rings (SSSR count). The molecule has 0 saturated heterocycles. The Hall–Kier alpha value is -1.62. The molecule has 0 bridgehead atoms. The quantitative estimate of drug-likeness (QED) is 0.798. The van der Waals surface area contributed by atoms with E-state index in [1.807, 2.05) is 0 Å². The molecule has 1 amide bonds. The van der Waals surface area contributed by atoms with E-state index in [2.05, 4.69) is 5.32 Å². The fraction of sp³-hybridized carbons (Fsp3) is 0.0714. The minimum absolute atomic E-state index is 0.0523. The van der Waals surface area contributed by atoms with Gasteiger partial charge in [0.25, 0.3) is 5.91 Å². The number of phenols is 1. The maximum absolute atomic E-state index is 12.2. The summed E-state index contributed by atoms with van der Waals surface area (Å²) >= 11 is 17.7. The van der Waals surface area contributed by atoms with E-state index in [0.29, 0.717) is 11.4 Å². The van der Waals surface area contributed by atoms with Crippen molar-refractivity contribution < 1.29 is 14.6 Å². The number of hydrogen-bond donors (Lipinski definition) is 2. The van der Waals surface area contributed by atoms with Gasteiger partial charge in [0.15, 0.2) is 0 Å². The molecule has 0 aliphatic rings. The van der Waals surface area contributed by atoms with Gasteiger partial charge in [-0.2, -0.15) is 0 Å². The van der Waals surface area contributed by atoms with Crippen molar-refractivity contribution in [2.75, 3.05) is 12.4 Å². The highest BCUT2D eigenvalue weighted by Gasteiger charge is 2.15. The molecule has 0 radical (unpaired) electrons. The topological polar surface area (TPSA) is 58.6 Å². The summed E-state index contributed by atoms with van der Waals surface area (Å²) in [5, 5.41) is 13.1. The number of benzene rings is 2. The first kappa shape index (κ1) is 15.8. The van der Waals surface area contributed by atoms with Crippen LogP contribution < -0.4 is 10.1 Å². The molecule has 0 saturated carbocycles. The van der Waals surface area contributed by atoms with Crippen molar-refractivity contribution in [1.29, 1.82) is 0 Å². The Balaban J connectivity index is 2.32. The molecule has 0 fully saturated rings. The van der Waals surface area contributed by atoms with Gasteiger partial charge in [-0.15, -0.1) is 0 Å². The molecule has 0 atom stereocenters. The fourth-order valence-electron chi connectivity index (χ4n) is 1.63. The molecular weight excluding hydrogens is 337 g/mol. The van der Waals surface area contributed by atoms with Crippen LogP contribution in [-0.2, 0) is 0 Å². The maximum atomic E-state index is 12.2. The molecule has 21 heavy (non-hydrogen) atoms. The Kier molecular flexibility index (Phi) is 4.83. The van der Waals surface area contributed by atoms with Crippen LogP contribution in [0.4, 0.5) is 5.69 Å². The third-order valence-corrected chi connectivity index (χ3v) is 3.74. The lowest BCUT2D eigenvalue weighted by Crippen LogP contribution is -2.12. The molecule has 2 aromatic carbocycles. The second kappa shape index (κ2) is 6.43. The van der Waals surface area contributed by atoms with E-state index in [1.54, 1.807) is 0 Å². The first-order chi connectivity index (χ1) is 9.92. The highest BCUT2D eigenvalue weighted by Crippen LogP contribution is 2.33. The number of rotatable bonds is 3. The van der Waals surface area contributed by atoms with Crippen molar-refractivity contribution in [3.05, 3.63) is 51.0 Å². The molecule has 7 heteroatoms. The molecule has 0 unspecified atom stereocenters. The molecule has 0 aromatic heterocycles.